The molecule has 0 saturated heterocycles. The van der Waals surface area contributed by atoms with Gasteiger partial charge in [0.15, 0.2) is 6.10 Å². The number of hydrogen-bond donors (Lipinski definition) is 1. The minimum Gasteiger partial charge on any atom is -0.479 e. The Hall–Kier alpha value is -1.55. The summed E-state index contributed by atoms with van der Waals surface area (Å²) in [7, 11) is 1.79. The number of likely N-dealkylation sites (N-methyl/N-ethyl adjacent to an activating group) is 1. The summed E-state index contributed by atoms with van der Waals surface area (Å²) in [4.78, 5) is 13.6. The fourth-order valence-electron chi connectivity index (χ4n) is 2.27. The average molecular weight is 262 g/mol. The molecule has 1 aromatic carbocycles. The molecule has 19 heavy (non-hydrogen) atoms. The van der Waals surface area contributed by atoms with Crippen molar-refractivity contribution in [2.75, 3.05) is 11.9 Å². The molecule has 1 aliphatic rings. The molecule has 0 aliphatic carbocycles. The topological polar surface area (TPSA) is 55.6 Å². The van der Waals surface area contributed by atoms with Crippen molar-refractivity contribution in [1.82, 2.24) is 0 Å². The molecule has 1 amide bonds. The third kappa shape index (κ3) is 2.89. The van der Waals surface area contributed by atoms with Gasteiger partial charge in [-0.1, -0.05) is 13.0 Å². The van der Waals surface area contributed by atoms with Crippen molar-refractivity contribution >= 4 is 11.6 Å². The van der Waals surface area contributed by atoms with Crippen LogP contribution in [-0.4, -0.2) is 25.1 Å². The summed E-state index contributed by atoms with van der Waals surface area (Å²) in [6.07, 6.45) is 2.48. The number of amides is 1. The van der Waals surface area contributed by atoms with Crippen molar-refractivity contribution in [1.29, 1.82) is 0 Å². The fourth-order valence-corrected chi connectivity index (χ4v) is 2.27. The zero-order chi connectivity index (χ0) is 14.0. The van der Waals surface area contributed by atoms with E-state index in [9.17, 15) is 4.79 Å². The van der Waals surface area contributed by atoms with Crippen molar-refractivity contribution in [3.63, 3.8) is 0 Å². The van der Waals surface area contributed by atoms with Gasteiger partial charge in [0.25, 0.3) is 5.91 Å². The predicted octanol–water partition coefficient (Wildman–Crippen LogP) is 2.10. The maximum absolute atomic E-state index is 11.9. The average Bonchev–Trinajstić information content (AvgIpc) is 2.42. The molecule has 0 saturated carbocycles. The van der Waals surface area contributed by atoms with Gasteiger partial charge in [-0.15, -0.1) is 0 Å². The first kappa shape index (κ1) is 13.9. The van der Waals surface area contributed by atoms with Crippen molar-refractivity contribution in [3.8, 4) is 5.75 Å². The molecule has 4 heteroatoms. The van der Waals surface area contributed by atoms with E-state index in [4.69, 9.17) is 10.5 Å². The van der Waals surface area contributed by atoms with Gasteiger partial charge in [0.2, 0.25) is 0 Å². The SMILES string of the molecule is CCC(N)CCc1ccc2c(c1)N(C)C(=O)C(C)O2. The summed E-state index contributed by atoms with van der Waals surface area (Å²) in [6, 6.07) is 6.27. The van der Waals surface area contributed by atoms with Gasteiger partial charge in [-0.3, -0.25) is 4.79 Å². The van der Waals surface area contributed by atoms with Crippen LogP contribution in [-0.2, 0) is 11.2 Å². The van der Waals surface area contributed by atoms with E-state index in [2.05, 4.69) is 13.0 Å². The largest absolute Gasteiger partial charge is 0.479 e. The zero-order valence-electron chi connectivity index (χ0n) is 11.8. The number of carbonyl (C=O) groups excluding carboxylic acids is 1. The van der Waals surface area contributed by atoms with Crippen molar-refractivity contribution in [2.24, 2.45) is 5.73 Å². The first-order valence-electron chi connectivity index (χ1n) is 6.85. The minimum atomic E-state index is -0.406. The van der Waals surface area contributed by atoms with E-state index < -0.39 is 6.10 Å². The molecule has 2 rings (SSSR count). The molecule has 0 bridgehead atoms. The summed E-state index contributed by atoms with van der Waals surface area (Å²) < 4.78 is 5.60. The smallest absolute Gasteiger partial charge is 0.267 e. The number of fused-ring (bicyclic) bond motifs is 1. The predicted molar refractivity (Wildman–Crippen MR) is 76.5 cm³/mol. The highest BCUT2D eigenvalue weighted by Gasteiger charge is 2.28. The number of benzene rings is 1. The highest BCUT2D eigenvalue weighted by atomic mass is 16.5. The van der Waals surface area contributed by atoms with Crippen molar-refractivity contribution in [3.05, 3.63) is 23.8 Å². The van der Waals surface area contributed by atoms with Gasteiger partial charge in [0.1, 0.15) is 5.75 Å². The Kier molecular flexibility index (Phi) is 4.10. The third-order valence-corrected chi connectivity index (χ3v) is 3.69. The molecule has 1 heterocycles. The highest BCUT2D eigenvalue weighted by Crippen LogP contribution is 2.34. The van der Waals surface area contributed by atoms with E-state index in [1.165, 1.54) is 5.56 Å². The van der Waals surface area contributed by atoms with Crippen molar-refractivity contribution in [2.45, 2.75) is 45.3 Å². The lowest BCUT2D eigenvalue weighted by Crippen LogP contribution is -2.42. The lowest BCUT2D eigenvalue weighted by atomic mass is 10.0. The molecule has 0 radical (unpaired) electrons. The van der Waals surface area contributed by atoms with Crippen LogP contribution in [0.5, 0.6) is 5.75 Å². The first-order valence-corrected chi connectivity index (χ1v) is 6.85. The Morgan fingerprint density at radius 1 is 1.47 bits per heavy atom. The molecule has 2 unspecified atom stereocenters. The number of hydrogen-bond acceptors (Lipinski definition) is 3. The third-order valence-electron chi connectivity index (χ3n) is 3.69. The van der Waals surface area contributed by atoms with Crippen LogP contribution in [0.15, 0.2) is 18.2 Å². The lowest BCUT2D eigenvalue weighted by molar-refractivity contribution is -0.125. The normalized spacial score (nSPS) is 19.9. The molecular weight excluding hydrogens is 240 g/mol. The molecular formula is C15H22N2O2. The number of ether oxygens (including phenoxy) is 1. The quantitative estimate of drug-likeness (QED) is 0.904. The Morgan fingerprint density at radius 2 is 2.21 bits per heavy atom. The van der Waals surface area contributed by atoms with Crippen LogP contribution < -0.4 is 15.4 Å². The molecule has 0 spiro atoms. The van der Waals surface area contributed by atoms with E-state index in [1.54, 1.807) is 18.9 Å². The molecule has 2 atom stereocenters. The van der Waals surface area contributed by atoms with E-state index in [-0.39, 0.29) is 11.9 Å². The lowest BCUT2D eigenvalue weighted by Gasteiger charge is -2.30. The van der Waals surface area contributed by atoms with Crippen LogP contribution in [0.4, 0.5) is 5.69 Å². The second-order valence-electron chi connectivity index (χ2n) is 5.17. The summed E-state index contributed by atoms with van der Waals surface area (Å²) in [6.45, 7) is 3.87. The Bertz CT molecular complexity index is 473. The van der Waals surface area contributed by atoms with Crippen LogP contribution in [0, 0.1) is 0 Å². The number of rotatable bonds is 4. The Balaban J connectivity index is 2.17. The van der Waals surface area contributed by atoms with Gasteiger partial charge in [0, 0.05) is 13.1 Å². The summed E-state index contributed by atoms with van der Waals surface area (Å²) >= 11 is 0. The molecule has 1 aliphatic heterocycles. The number of anilines is 1. The second kappa shape index (κ2) is 5.61. The van der Waals surface area contributed by atoms with Crippen LogP contribution in [0.2, 0.25) is 0 Å². The second-order valence-corrected chi connectivity index (χ2v) is 5.17. The van der Waals surface area contributed by atoms with E-state index >= 15 is 0 Å². The minimum absolute atomic E-state index is 0.00471. The summed E-state index contributed by atoms with van der Waals surface area (Å²) in [5, 5.41) is 0. The van der Waals surface area contributed by atoms with E-state index in [0.29, 0.717) is 0 Å². The zero-order valence-corrected chi connectivity index (χ0v) is 11.8. The summed E-state index contributed by atoms with van der Waals surface area (Å²) in [5.74, 6) is 0.771. The monoisotopic (exact) mass is 262 g/mol. The van der Waals surface area contributed by atoms with Crippen LogP contribution in [0.25, 0.3) is 0 Å². The Morgan fingerprint density at radius 3 is 2.89 bits per heavy atom. The maximum Gasteiger partial charge on any atom is 0.267 e. The molecule has 0 aromatic heterocycles. The van der Waals surface area contributed by atoms with E-state index in [1.807, 2.05) is 12.1 Å². The van der Waals surface area contributed by atoms with Gasteiger partial charge in [-0.25, -0.2) is 0 Å². The molecule has 1 aromatic rings. The number of aryl methyl sites for hydroxylation is 1. The van der Waals surface area contributed by atoms with E-state index in [0.717, 1.165) is 30.7 Å². The van der Waals surface area contributed by atoms with Crippen LogP contribution in [0.1, 0.15) is 32.3 Å². The van der Waals surface area contributed by atoms with Crippen molar-refractivity contribution < 1.29 is 9.53 Å². The number of carbonyl (C=O) groups is 1. The van der Waals surface area contributed by atoms with Crippen LogP contribution >= 0.6 is 0 Å². The van der Waals surface area contributed by atoms with Gasteiger partial charge < -0.3 is 15.4 Å². The molecule has 4 nitrogen and oxygen atoms in total. The highest BCUT2D eigenvalue weighted by molar-refractivity contribution is 5.99. The molecule has 2 N–H and O–H groups in total. The molecule has 104 valence electrons. The molecule has 0 fully saturated rings. The first-order chi connectivity index (χ1) is 9.02. The van der Waals surface area contributed by atoms with Gasteiger partial charge in [0.05, 0.1) is 5.69 Å². The van der Waals surface area contributed by atoms with Gasteiger partial charge >= 0.3 is 0 Å². The van der Waals surface area contributed by atoms with Gasteiger partial charge in [-0.05, 0) is 43.9 Å². The van der Waals surface area contributed by atoms with Crippen LogP contribution in [0.3, 0.4) is 0 Å². The Labute approximate surface area is 114 Å². The summed E-state index contributed by atoms with van der Waals surface area (Å²) in [5.41, 5.74) is 7.98. The maximum atomic E-state index is 11.9. The van der Waals surface area contributed by atoms with Gasteiger partial charge in [-0.2, -0.15) is 0 Å². The standard InChI is InChI=1S/C15H22N2O2/c1-4-12(16)7-5-11-6-8-14-13(9-11)17(3)15(18)10(2)19-14/h6,8-10,12H,4-5,7,16H2,1-3H3. The number of nitrogens with zero attached hydrogens (tertiary/aromatic N) is 1. The number of nitrogens with two attached hydrogens (primary N) is 1. The fraction of sp³-hybridized carbons (Fsp3) is 0.533.